The van der Waals surface area contributed by atoms with Gasteiger partial charge in [0.1, 0.15) is 12.3 Å². The molecule has 0 spiro atoms. The van der Waals surface area contributed by atoms with Gasteiger partial charge in [-0.1, -0.05) is 0 Å². The van der Waals surface area contributed by atoms with Gasteiger partial charge in [0, 0.05) is 6.20 Å². The van der Waals surface area contributed by atoms with Gasteiger partial charge in [-0.15, -0.1) is 0 Å². The van der Waals surface area contributed by atoms with Crippen molar-refractivity contribution < 1.29 is 27.4 Å². The van der Waals surface area contributed by atoms with Crippen molar-refractivity contribution in [3.63, 3.8) is 0 Å². The quantitative estimate of drug-likeness (QED) is 0.776. The Kier molecular flexibility index (Phi) is 3.26. The van der Waals surface area contributed by atoms with E-state index in [-0.39, 0.29) is 19.0 Å². The number of carbonyl (C=O) groups excluding carboxylic acids is 1. The van der Waals surface area contributed by atoms with Crippen LogP contribution in [0.2, 0.25) is 0 Å². The normalized spacial score (nSPS) is 14.7. The lowest BCUT2D eigenvalue weighted by molar-refractivity contribution is -0.159. The van der Waals surface area contributed by atoms with Crippen LogP contribution in [0.25, 0.3) is 0 Å². The average Bonchev–Trinajstić information content (AvgIpc) is 2.34. The second-order valence-electron chi connectivity index (χ2n) is 3.50. The number of aromatic nitrogens is 1. The van der Waals surface area contributed by atoms with E-state index in [9.17, 15) is 18.0 Å². The number of halogens is 3. The second kappa shape index (κ2) is 4.71. The van der Waals surface area contributed by atoms with Crippen molar-refractivity contribution in [3.8, 4) is 5.88 Å². The molecule has 0 saturated heterocycles. The number of rotatable bonds is 1. The summed E-state index contributed by atoms with van der Waals surface area (Å²) in [6.07, 6.45) is -4.15. The molecule has 1 amide bonds. The number of nitrogens with zero attached hydrogens (tertiary/aromatic N) is 2. The van der Waals surface area contributed by atoms with Gasteiger partial charge in [-0.2, -0.15) is 13.2 Å². The van der Waals surface area contributed by atoms with E-state index in [0.717, 1.165) is 4.90 Å². The topological polar surface area (TPSA) is 51.7 Å². The molecule has 1 aromatic rings. The maximum Gasteiger partial charge on any atom is 0.422 e. The Labute approximate surface area is 100 Å². The molecule has 2 rings (SSSR count). The molecule has 98 valence electrons. The molecule has 0 radical (unpaired) electrons. The van der Waals surface area contributed by atoms with Crippen molar-refractivity contribution in [1.29, 1.82) is 0 Å². The van der Waals surface area contributed by atoms with Gasteiger partial charge in [-0.25, -0.2) is 9.78 Å². The standard InChI is InChI=1S/C10H9F3N2O3/c11-10(12,13)6-18-9(16)15-4-5-17-8-7(15)2-1-3-14-8/h1-3H,4-6H2. The summed E-state index contributed by atoms with van der Waals surface area (Å²) < 4.78 is 45.2. The van der Waals surface area contributed by atoms with Crippen molar-refractivity contribution >= 4 is 11.8 Å². The summed E-state index contributed by atoms with van der Waals surface area (Å²) >= 11 is 0. The van der Waals surface area contributed by atoms with Crippen LogP contribution < -0.4 is 9.64 Å². The van der Waals surface area contributed by atoms with Gasteiger partial charge in [0.2, 0.25) is 5.88 Å². The molecule has 18 heavy (non-hydrogen) atoms. The molecule has 0 saturated carbocycles. The van der Waals surface area contributed by atoms with Gasteiger partial charge in [-0.3, -0.25) is 4.90 Å². The molecule has 1 aliphatic heterocycles. The van der Waals surface area contributed by atoms with Crippen LogP contribution in [0.15, 0.2) is 18.3 Å². The Balaban J connectivity index is 2.08. The zero-order valence-corrected chi connectivity index (χ0v) is 9.11. The fourth-order valence-electron chi connectivity index (χ4n) is 1.46. The van der Waals surface area contributed by atoms with Crippen LogP contribution in [0.3, 0.4) is 0 Å². The predicted octanol–water partition coefficient (Wildman–Crippen LogP) is 1.98. The molecule has 0 N–H and O–H groups in total. The zero-order chi connectivity index (χ0) is 13.2. The third-order valence-electron chi connectivity index (χ3n) is 2.18. The third kappa shape index (κ3) is 2.82. The highest BCUT2D eigenvalue weighted by atomic mass is 19.4. The number of pyridine rings is 1. The summed E-state index contributed by atoms with van der Waals surface area (Å²) in [5, 5.41) is 0. The lowest BCUT2D eigenvalue weighted by atomic mass is 10.3. The number of carbonyl (C=O) groups is 1. The van der Waals surface area contributed by atoms with E-state index in [4.69, 9.17) is 4.74 Å². The van der Waals surface area contributed by atoms with Crippen LogP contribution in [-0.4, -0.2) is 37.0 Å². The summed E-state index contributed by atoms with van der Waals surface area (Å²) in [6, 6.07) is 3.08. The van der Waals surface area contributed by atoms with E-state index >= 15 is 0 Å². The average molecular weight is 262 g/mol. The monoisotopic (exact) mass is 262 g/mol. The van der Waals surface area contributed by atoms with E-state index in [2.05, 4.69) is 9.72 Å². The highest BCUT2D eigenvalue weighted by Crippen LogP contribution is 2.29. The van der Waals surface area contributed by atoms with Crippen molar-refractivity contribution in [3.05, 3.63) is 18.3 Å². The molecule has 1 aromatic heterocycles. The van der Waals surface area contributed by atoms with Crippen LogP contribution >= 0.6 is 0 Å². The van der Waals surface area contributed by atoms with Crippen molar-refractivity contribution in [2.75, 3.05) is 24.7 Å². The minimum atomic E-state index is -4.54. The van der Waals surface area contributed by atoms with Crippen molar-refractivity contribution in [2.24, 2.45) is 0 Å². The van der Waals surface area contributed by atoms with E-state index in [1.54, 1.807) is 6.07 Å². The Bertz CT molecular complexity index is 450. The third-order valence-corrected chi connectivity index (χ3v) is 2.18. The Morgan fingerprint density at radius 1 is 1.56 bits per heavy atom. The van der Waals surface area contributed by atoms with Crippen molar-refractivity contribution in [1.82, 2.24) is 4.98 Å². The number of fused-ring (bicyclic) bond motifs is 1. The first-order chi connectivity index (χ1) is 8.47. The van der Waals surface area contributed by atoms with Gasteiger partial charge >= 0.3 is 12.3 Å². The van der Waals surface area contributed by atoms with E-state index in [1.165, 1.54) is 12.3 Å². The number of ether oxygens (including phenoxy) is 2. The first-order valence-corrected chi connectivity index (χ1v) is 5.06. The van der Waals surface area contributed by atoms with Crippen LogP contribution in [0, 0.1) is 0 Å². The molecule has 0 atom stereocenters. The highest BCUT2D eigenvalue weighted by Gasteiger charge is 2.32. The molecule has 5 nitrogen and oxygen atoms in total. The van der Waals surface area contributed by atoms with Crippen LogP contribution in [0.4, 0.5) is 23.7 Å². The van der Waals surface area contributed by atoms with Gasteiger partial charge in [0.15, 0.2) is 6.61 Å². The minimum Gasteiger partial charge on any atom is -0.474 e. The number of hydrogen-bond donors (Lipinski definition) is 0. The largest absolute Gasteiger partial charge is 0.474 e. The number of anilines is 1. The van der Waals surface area contributed by atoms with Gasteiger partial charge < -0.3 is 9.47 Å². The molecule has 0 bridgehead atoms. The summed E-state index contributed by atoms with van der Waals surface area (Å²) in [5.74, 6) is 0.202. The lowest BCUT2D eigenvalue weighted by Gasteiger charge is -2.27. The smallest absolute Gasteiger partial charge is 0.422 e. The molecule has 2 heterocycles. The maximum absolute atomic E-state index is 11.9. The Hall–Kier alpha value is -1.99. The molecule has 0 unspecified atom stereocenters. The molecule has 8 heteroatoms. The van der Waals surface area contributed by atoms with Gasteiger partial charge in [0.25, 0.3) is 0 Å². The van der Waals surface area contributed by atoms with Crippen LogP contribution in [-0.2, 0) is 4.74 Å². The molecule has 1 aliphatic rings. The van der Waals surface area contributed by atoms with Gasteiger partial charge in [-0.05, 0) is 12.1 Å². The fourth-order valence-corrected chi connectivity index (χ4v) is 1.46. The van der Waals surface area contributed by atoms with Gasteiger partial charge in [0.05, 0.1) is 6.54 Å². The van der Waals surface area contributed by atoms with E-state index in [0.29, 0.717) is 5.69 Å². The fraction of sp³-hybridized carbons (Fsp3) is 0.400. The Morgan fingerprint density at radius 2 is 2.33 bits per heavy atom. The SMILES string of the molecule is O=C(OCC(F)(F)F)N1CCOc2ncccc21. The zero-order valence-electron chi connectivity index (χ0n) is 9.11. The number of amides is 1. The minimum absolute atomic E-state index is 0.120. The lowest BCUT2D eigenvalue weighted by Crippen LogP contribution is -2.39. The van der Waals surface area contributed by atoms with Crippen LogP contribution in [0.5, 0.6) is 5.88 Å². The molecule has 0 fully saturated rings. The molecule has 0 aromatic carbocycles. The second-order valence-corrected chi connectivity index (χ2v) is 3.50. The number of alkyl halides is 3. The first kappa shape index (κ1) is 12.5. The highest BCUT2D eigenvalue weighted by molar-refractivity contribution is 5.89. The van der Waals surface area contributed by atoms with Crippen molar-refractivity contribution in [2.45, 2.75) is 6.18 Å². The van der Waals surface area contributed by atoms with Crippen LogP contribution in [0.1, 0.15) is 0 Å². The number of hydrogen-bond acceptors (Lipinski definition) is 4. The molecule has 0 aliphatic carbocycles. The Morgan fingerprint density at radius 3 is 3.06 bits per heavy atom. The molecular weight excluding hydrogens is 253 g/mol. The summed E-state index contributed by atoms with van der Waals surface area (Å²) in [6.45, 7) is -1.33. The summed E-state index contributed by atoms with van der Waals surface area (Å²) in [5.41, 5.74) is 0.302. The molecular formula is C10H9F3N2O3. The summed E-state index contributed by atoms with van der Waals surface area (Å²) in [4.78, 5) is 16.5. The summed E-state index contributed by atoms with van der Waals surface area (Å²) in [7, 11) is 0. The van der Waals surface area contributed by atoms with E-state index < -0.39 is 18.9 Å². The van der Waals surface area contributed by atoms with E-state index in [1.807, 2.05) is 0 Å². The first-order valence-electron chi connectivity index (χ1n) is 5.06. The predicted molar refractivity (Wildman–Crippen MR) is 54.5 cm³/mol. The maximum atomic E-state index is 11.9.